The molecular weight excluding hydrogens is 500 g/mol. The summed E-state index contributed by atoms with van der Waals surface area (Å²) in [6.07, 6.45) is 7.70. The molecule has 1 fully saturated rings. The van der Waals surface area contributed by atoms with Gasteiger partial charge in [-0.25, -0.2) is 19.6 Å². The number of terminal acetylenes is 1. The van der Waals surface area contributed by atoms with Gasteiger partial charge in [0.05, 0.1) is 29.1 Å². The smallest absolute Gasteiger partial charge is 0.433 e. The maximum absolute atomic E-state index is 12.9. The molecule has 1 N–H and O–H groups in total. The second-order valence-corrected chi connectivity index (χ2v) is 9.17. The van der Waals surface area contributed by atoms with Gasteiger partial charge in [0.15, 0.2) is 5.01 Å². The van der Waals surface area contributed by atoms with Crippen LogP contribution in [0.1, 0.15) is 30.5 Å². The lowest BCUT2D eigenvalue weighted by Gasteiger charge is -2.31. The van der Waals surface area contributed by atoms with E-state index in [4.69, 9.17) is 22.8 Å². The maximum atomic E-state index is 12.9. The number of hydrazine groups is 1. The average Bonchev–Trinajstić information content (AvgIpc) is 3.55. The van der Waals surface area contributed by atoms with Gasteiger partial charge in [-0.15, -0.1) is 17.8 Å². The normalized spacial score (nSPS) is 13.1. The number of pyridine rings is 1. The highest BCUT2D eigenvalue weighted by atomic mass is 35.5. The first-order chi connectivity index (χ1) is 17.3. The Morgan fingerprint density at radius 3 is 2.72 bits per heavy atom. The van der Waals surface area contributed by atoms with E-state index in [1.807, 2.05) is 6.07 Å². The van der Waals surface area contributed by atoms with Crippen LogP contribution in [0.25, 0.3) is 11.1 Å². The van der Waals surface area contributed by atoms with Gasteiger partial charge in [-0.1, -0.05) is 23.7 Å². The molecule has 36 heavy (non-hydrogen) atoms. The Balaban J connectivity index is 1.66. The molecule has 11 heteroatoms. The lowest BCUT2D eigenvalue weighted by Crippen LogP contribution is -2.49. The number of hydrogen-bond acceptors (Lipinski definition) is 7. The monoisotopic (exact) mass is 520 g/mol. The largest absolute Gasteiger partial charge is 0.448 e. The number of urea groups is 1. The van der Waals surface area contributed by atoms with Gasteiger partial charge in [-0.05, 0) is 43.9 Å². The van der Waals surface area contributed by atoms with E-state index in [2.05, 4.69) is 27.3 Å². The van der Waals surface area contributed by atoms with E-state index in [1.54, 1.807) is 42.8 Å². The molecule has 0 atom stereocenters. The number of aromatic nitrogens is 2. The zero-order valence-corrected chi connectivity index (χ0v) is 21.1. The molecular formula is C25H21ClN6O3S. The predicted octanol–water partition coefficient (Wildman–Crippen LogP) is 5.44. The van der Waals surface area contributed by atoms with Crippen LogP contribution < -0.4 is 10.3 Å². The number of amides is 3. The van der Waals surface area contributed by atoms with E-state index in [-0.39, 0.29) is 12.4 Å². The number of ether oxygens (including phenoxy) is 1. The van der Waals surface area contributed by atoms with Crippen LogP contribution in [0.3, 0.4) is 0 Å². The Labute approximate surface area is 217 Å². The first-order valence-electron chi connectivity index (χ1n) is 10.9. The predicted molar refractivity (Wildman–Crippen MR) is 138 cm³/mol. The number of anilines is 2. The number of nitrogens with one attached hydrogen (secondary N) is 1. The number of thiazole rings is 1. The van der Waals surface area contributed by atoms with Crippen molar-refractivity contribution in [3.8, 4) is 29.5 Å². The van der Waals surface area contributed by atoms with Gasteiger partial charge in [0.25, 0.3) is 0 Å². The van der Waals surface area contributed by atoms with Gasteiger partial charge >= 0.3 is 12.1 Å². The molecule has 0 spiro atoms. The van der Waals surface area contributed by atoms with Gasteiger partial charge in [-0.2, -0.15) is 10.3 Å². The minimum Gasteiger partial charge on any atom is -0.448 e. The number of hydrogen-bond donors (Lipinski definition) is 1. The van der Waals surface area contributed by atoms with Crippen LogP contribution in [0, 0.1) is 23.7 Å². The van der Waals surface area contributed by atoms with Crippen LogP contribution in [0.15, 0.2) is 41.9 Å². The van der Waals surface area contributed by atoms with Crippen LogP contribution in [-0.4, -0.2) is 40.8 Å². The first kappa shape index (κ1) is 25.0. The topological polar surface area (TPSA) is 111 Å². The summed E-state index contributed by atoms with van der Waals surface area (Å²) in [7, 11) is 1.41. The highest BCUT2D eigenvalue weighted by Crippen LogP contribution is 2.50. The van der Waals surface area contributed by atoms with E-state index >= 15 is 0 Å². The summed E-state index contributed by atoms with van der Waals surface area (Å²) < 4.78 is 5.18. The number of nitriles is 1. The summed E-state index contributed by atoms with van der Waals surface area (Å²) in [6, 6.07) is 10.3. The molecule has 1 aliphatic carbocycles. The first-order valence-corrected chi connectivity index (χ1v) is 12.2. The summed E-state index contributed by atoms with van der Waals surface area (Å²) in [4.78, 5) is 34.3. The van der Waals surface area contributed by atoms with E-state index in [0.29, 0.717) is 27.0 Å². The fraction of sp³-hybridized carbons (Fsp3) is 0.240. The van der Waals surface area contributed by atoms with Crippen molar-refractivity contribution in [1.82, 2.24) is 15.0 Å². The lowest BCUT2D eigenvalue weighted by molar-refractivity contribution is 0.143. The number of benzene rings is 1. The van der Waals surface area contributed by atoms with Crippen molar-refractivity contribution in [1.29, 1.82) is 5.26 Å². The van der Waals surface area contributed by atoms with Crippen molar-refractivity contribution < 1.29 is 14.3 Å². The highest BCUT2D eigenvalue weighted by molar-refractivity contribution is 7.10. The third kappa shape index (κ3) is 4.82. The second kappa shape index (κ2) is 10.2. The van der Waals surface area contributed by atoms with Gasteiger partial charge in [0.1, 0.15) is 11.2 Å². The van der Waals surface area contributed by atoms with Crippen molar-refractivity contribution in [2.24, 2.45) is 0 Å². The lowest BCUT2D eigenvalue weighted by atomic mass is 9.94. The number of carbonyl (C=O) groups is 2. The average molecular weight is 521 g/mol. The summed E-state index contributed by atoms with van der Waals surface area (Å²) >= 11 is 7.88. The van der Waals surface area contributed by atoms with Crippen molar-refractivity contribution >= 4 is 46.6 Å². The van der Waals surface area contributed by atoms with Crippen LogP contribution >= 0.6 is 22.9 Å². The summed E-state index contributed by atoms with van der Waals surface area (Å²) in [5.74, 6) is 2.66. The molecule has 0 saturated heterocycles. The highest BCUT2D eigenvalue weighted by Gasteiger charge is 2.48. The number of rotatable bonds is 5. The molecule has 3 amide bonds. The zero-order chi connectivity index (χ0) is 25.9. The van der Waals surface area contributed by atoms with Gasteiger partial charge in [0, 0.05) is 29.8 Å². The number of carbonyl (C=O) groups excluding carboxylic acids is 2. The summed E-state index contributed by atoms with van der Waals surface area (Å²) in [5.41, 5.74) is 1.77. The standard InChI is InChI=1S/C25H21ClN6O3S/c1-4-21-29-20(14-36-21)30-23(33)31(3)32(24(34)35-5-2)16-8-9-17(19(26)13-16)18-7-6-12-28-22(18)25(15-27)10-11-25/h1,6-9,12-14H,5,10-11H2,2-3H3,(H,30,33). The Bertz CT molecular complexity index is 1410. The zero-order valence-electron chi connectivity index (χ0n) is 19.5. The van der Waals surface area contributed by atoms with Crippen LogP contribution in [0.4, 0.5) is 21.1 Å². The molecule has 1 aromatic carbocycles. The van der Waals surface area contributed by atoms with E-state index < -0.39 is 17.5 Å². The van der Waals surface area contributed by atoms with Crippen LogP contribution in [0.2, 0.25) is 5.02 Å². The number of nitrogens with zero attached hydrogens (tertiary/aromatic N) is 5. The molecule has 0 radical (unpaired) electrons. The molecule has 0 bridgehead atoms. The molecule has 182 valence electrons. The van der Waals surface area contributed by atoms with Crippen LogP contribution in [-0.2, 0) is 10.2 Å². The third-order valence-corrected chi connectivity index (χ3v) is 6.70. The van der Waals surface area contributed by atoms with Crippen molar-refractivity contribution in [2.75, 3.05) is 24.0 Å². The van der Waals surface area contributed by atoms with Crippen molar-refractivity contribution in [3.05, 3.63) is 57.6 Å². The Kier molecular flexibility index (Phi) is 7.11. The molecule has 4 rings (SSSR count). The fourth-order valence-corrected chi connectivity index (χ4v) is 4.48. The van der Waals surface area contributed by atoms with E-state index in [1.165, 1.54) is 18.4 Å². The number of halogens is 1. The van der Waals surface area contributed by atoms with Crippen molar-refractivity contribution in [2.45, 2.75) is 25.2 Å². The Hall–Kier alpha value is -4.12. The third-order valence-electron chi connectivity index (χ3n) is 5.61. The molecule has 2 aromatic heterocycles. The summed E-state index contributed by atoms with van der Waals surface area (Å²) in [5, 5.41) is 16.7. The van der Waals surface area contributed by atoms with Gasteiger partial charge in [0.2, 0.25) is 0 Å². The summed E-state index contributed by atoms with van der Waals surface area (Å²) in [6.45, 7) is 1.76. The molecule has 2 heterocycles. The minimum atomic E-state index is -0.773. The molecule has 1 aliphatic rings. The van der Waals surface area contributed by atoms with Gasteiger partial charge in [-0.3, -0.25) is 10.3 Å². The molecule has 0 unspecified atom stereocenters. The molecule has 1 saturated carbocycles. The molecule has 9 nitrogen and oxygen atoms in total. The quantitative estimate of drug-likeness (QED) is 0.354. The van der Waals surface area contributed by atoms with E-state index in [0.717, 1.165) is 28.4 Å². The Morgan fingerprint density at radius 2 is 2.11 bits per heavy atom. The molecule has 0 aliphatic heterocycles. The van der Waals surface area contributed by atoms with Crippen LogP contribution in [0.5, 0.6) is 0 Å². The minimum absolute atomic E-state index is 0.101. The second-order valence-electron chi connectivity index (χ2n) is 7.90. The maximum Gasteiger partial charge on any atom is 0.433 e. The van der Waals surface area contributed by atoms with Gasteiger partial charge < -0.3 is 4.74 Å². The van der Waals surface area contributed by atoms with Crippen molar-refractivity contribution in [3.63, 3.8) is 0 Å². The fourth-order valence-electron chi connectivity index (χ4n) is 3.65. The Morgan fingerprint density at radius 1 is 1.33 bits per heavy atom. The SMILES string of the molecule is C#Cc1nc(NC(=O)N(C)N(C(=O)OCC)c2ccc(-c3cccnc3C3(C#N)CC3)c(Cl)c2)cs1. The molecule has 3 aromatic rings. The van der Waals surface area contributed by atoms with E-state index in [9.17, 15) is 14.9 Å².